The SMILES string of the molecule is O=C1NCC(CC2COCCO2)c2[nH]c(-c3ccncc3F)c(I)c21. The van der Waals surface area contributed by atoms with Crippen LogP contribution in [0.25, 0.3) is 11.3 Å². The molecule has 0 saturated carbocycles. The minimum atomic E-state index is -0.417. The van der Waals surface area contributed by atoms with Crippen LogP contribution in [0.5, 0.6) is 0 Å². The molecule has 0 bridgehead atoms. The van der Waals surface area contributed by atoms with Crippen LogP contribution in [0.2, 0.25) is 0 Å². The molecule has 0 aliphatic carbocycles. The van der Waals surface area contributed by atoms with E-state index in [-0.39, 0.29) is 17.9 Å². The van der Waals surface area contributed by atoms with Gasteiger partial charge in [0.15, 0.2) is 5.82 Å². The fraction of sp³-hybridized carbons (Fsp3) is 0.412. The van der Waals surface area contributed by atoms with E-state index >= 15 is 0 Å². The normalized spacial score (nSPS) is 23.2. The summed E-state index contributed by atoms with van der Waals surface area (Å²) in [5.41, 5.74) is 2.47. The van der Waals surface area contributed by atoms with E-state index in [1.54, 1.807) is 12.3 Å². The fourth-order valence-electron chi connectivity index (χ4n) is 3.38. The number of fused-ring (bicyclic) bond motifs is 1. The van der Waals surface area contributed by atoms with Crippen molar-refractivity contribution in [2.75, 3.05) is 26.4 Å². The number of nitrogens with one attached hydrogen (secondary N) is 2. The Bertz CT molecular complexity index is 804. The number of carbonyl (C=O) groups is 1. The predicted octanol–water partition coefficient (Wildman–Crippen LogP) is 2.45. The molecule has 1 saturated heterocycles. The molecule has 25 heavy (non-hydrogen) atoms. The van der Waals surface area contributed by atoms with E-state index in [9.17, 15) is 9.18 Å². The smallest absolute Gasteiger partial charge is 0.254 e. The molecule has 0 spiro atoms. The summed E-state index contributed by atoms with van der Waals surface area (Å²) in [6.45, 7) is 2.30. The monoisotopic (exact) mass is 457 g/mol. The van der Waals surface area contributed by atoms with Crippen LogP contribution in [0, 0.1) is 9.39 Å². The molecule has 0 aromatic carbocycles. The fourth-order valence-corrected chi connectivity index (χ4v) is 4.35. The molecule has 2 unspecified atom stereocenters. The zero-order valence-corrected chi connectivity index (χ0v) is 15.5. The molecule has 2 aromatic rings. The number of halogens is 2. The number of pyridine rings is 1. The van der Waals surface area contributed by atoms with Crippen LogP contribution in [0.3, 0.4) is 0 Å². The van der Waals surface area contributed by atoms with Gasteiger partial charge < -0.3 is 19.8 Å². The van der Waals surface area contributed by atoms with Crippen LogP contribution in [0.4, 0.5) is 4.39 Å². The van der Waals surface area contributed by atoms with Crippen LogP contribution in [-0.4, -0.2) is 48.3 Å². The summed E-state index contributed by atoms with van der Waals surface area (Å²) >= 11 is 2.10. The third-order valence-electron chi connectivity index (χ3n) is 4.59. The van der Waals surface area contributed by atoms with Gasteiger partial charge in [0, 0.05) is 29.9 Å². The Hall–Kier alpha value is -1.52. The second-order valence-corrected chi connectivity index (χ2v) is 7.25. The van der Waals surface area contributed by atoms with Gasteiger partial charge in [0.05, 0.1) is 46.9 Å². The number of nitrogens with zero attached hydrogens (tertiary/aromatic N) is 1. The first kappa shape index (κ1) is 16.9. The van der Waals surface area contributed by atoms with E-state index in [0.29, 0.717) is 43.2 Å². The third kappa shape index (κ3) is 3.18. The Kier molecular flexibility index (Phi) is 4.74. The molecule has 2 atom stereocenters. The highest BCUT2D eigenvalue weighted by Gasteiger charge is 2.34. The number of hydrogen-bond acceptors (Lipinski definition) is 4. The zero-order chi connectivity index (χ0) is 17.4. The number of hydrogen-bond donors (Lipinski definition) is 2. The van der Waals surface area contributed by atoms with Crippen molar-refractivity contribution in [1.82, 2.24) is 15.3 Å². The van der Waals surface area contributed by atoms with Crippen molar-refractivity contribution < 1.29 is 18.7 Å². The molecule has 2 N–H and O–H groups in total. The highest BCUT2D eigenvalue weighted by molar-refractivity contribution is 14.1. The summed E-state index contributed by atoms with van der Waals surface area (Å²) in [6, 6.07) is 1.61. The molecule has 1 fully saturated rings. The van der Waals surface area contributed by atoms with Gasteiger partial charge in [-0.15, -0.1) is 0 Å². The van der Waals surface area contributed by atoms with Gasteiger partial charge in [-0.2, -0.15) is 0 Å². The molecule has 6 nitrogen and oxygen atoms in total. The summed E-state index contributed by atoms with van der Waals surface area (Å²) in [5.74, 6) is -0.472. The molecule has 2 aromatic heterocycles. The highest BCUT2D eigenvalue weighted by Crippen LogP contribution is 2.37. The lowest BCUT2D eigenvalue weighted by Crippen LogP contribution is -2.38. The maximum Gasteiger partial charge on any atom is 0.254 e. The number of H-pyrrole nitrogens is 1. The molecule has 0 radical (unpaired) electrons. The average molecular weight is 457 g/mol. The van der Waals surface area contributed by atoms with E-state index in [2.05, 4.69) is 37.9 Å². The van der Waals surface area contributed by atoms with Gasteiger partial charge in [0.2, 0.25) is 0 Å². The average Bonchev–Trinajstić information content (AvgIpc) is 2.97. The molecular formula is C17H17FIN3O3. The second kappa shape index (κ2) is 7.00. The summed E-state index contributed by atoms with van der Waals surface area (Å²) in [5, 5.41) is 2.93. The molecule has 4 heterocycles. The van der Waals surface area contributed by atoms with E-state index in [1.807, 2.05) is 0 Å². The number of aromatic amines is 1. The van der Waals surface area contributed by atoms with Gasteiger partial charge in [0.25, 0.3) is 5.91 Å². The maximum atomic E-state index is 14.2. The third-order valence-corrected chi connectivity index (χ3v) is 5.67. The summed E-state index contributed by atoms with van der Waals surface area (Å²) < 4.78 is 26.1. The maximum absolute atomic E-state index is 14.2. The van der Waals surface area contributed by atoms with Gasteiger partial charge in [-0.25, -0.2) is 4.39 Å². The summed E-state index contributed by atoms with van der Waals surface area (Å²) in [4.78, 5) is 19.5. The summed E-state index contributed by atoms with van der Waals surface area (Å²) in [6.07, 6.45) is 3.46. The first-order chi connectivity index (χ1) is 12.1. The predicted molar refractivity (Wildman–Crippen MR) is 96.9 cm³/mol. The lowest BCUT2D eigenvalue weighted by atomic mass is 9.92. The first-order valence-corrected chi connectivity index (χ1v) is 9.21. The number of ether oxygens (including phenoxy) is 2. The molecule has 2 aliphatic heterocycles. The molecular weight excluding hydrogens is 440 g/mol. The molecule has 8 heteroatoms. The van der Waals surface area contributed by atoms with Crippen molar-refractivity contribution >= 4 is 28.5 Å². The Labute approximate surface area is 157 Å². The van der Waals surface area contributed by atoms with Crippen molar-refractivity contribution in [2.45, 2.75) is 18.4 Å². The van der Waals surface area contributed by atoms with Crippen LogP contribution in [-0.2, 0) is 9.47 Å². The number of rotatable bonds is 3. The first-order valence-electron chi connectivity index (χ1n) is 8.14. The van der Waals surface area contributed by atoms with Crippen LogP contribution in [0.15, 0.2) is 18.5 Å². The lowest BCUT2D eigenvalue weighted by Gasteiger charge is -2.29. The van der Waals surface area contributed by atoms with E-state index < -0.39 is 5.82 Å². The molecule has 132 valence electrons. The van der Waals surface area contributed by atoms with E-state index in [1.165, 1.54) is 6.20 Å². The Morgan fingerprint density at radius 3 is 3.04 bits per heavy atom. The van der Waals surface area contributed by atoms with E-state index in [4.69, 9.17) is 9.47 Å². The van der Waals surface area contributed by atoms with Crippen molar-refractivity contribution in [3.63, 3.8) is 0 Å². The van der Waals surface area contributed by atoms with Gasteiger partial charge in [-0.1, -0.05) is 0 Å². The van der Waals surface area contributed by atoms with Gasteiger partial charge in [0.1, 0.15) is 0 Å². The molecule has 1 amide bonds. The number of aromatic nitrogens is 2. The Morgan fingerprint density at radius 2 is 2.28 bits per heavy atom. The van der Waals surface area contributed by atoms with Crippen LogP contribution >= 0.6 is 22.6 Å². The Morgan fingerprint density at radius 1 is 1.40 bits per heavy atom. The molecule has 4 rings (SSSR count). The van der Waals surface area contributed by atoms with Crippen molar-refractivity contribution in [3.8, 4) is 11.3 Å². The van der Waals surface area contributed by atoms with Crippen LogP contribution in [0.1, 0.15) is 28.4 Å². The minimum absolute atomic E-state index is 0.00340. The zero-order valence-electron chi connectivity index (χ0n) is 13.4. The van der Waals surface area contributed by atoms with Crippen LogP contribution < -0.4 is 5.32 Å². The quantitative estimate of drug-likeness (QED) is 0.695. The Balaban J connectivity index is 1.71. The minimum Gasteiger partial charge on any atom is -0.376 e. The standard InChI is InChI=1S/C17H17FIN3O3/c18-12-7-20-2-1-11(12)16-14(19)13-15(22-16)9(6-21-17(13)23)5-10-8-24-3-4-25-10/h1-2,7,9-10,22H,3-6,8H2,(H,21,23). The van der Waals surface area contributed by atoms with Crippen molar-refractivity contribution in [2.24, 2.45) is 0 Å². The largest absolute Gasteiger partial charge is 0.376 e. The topological polar surface area (TPSA) is 76.2 Å². The van der Waals surface area contributed by atoms with Crippen molar-refractivity contribution in [3.05, 3.63) is 39.1 Å². The van der Waals surface area contributed by atoms with E-state index in [0.717, 1.165) is 15.7 Å². The summed E-state index contributed by atoms with van der Waals surface area (Å²) in [7, 11) is 0. The number of amides is 1. The van der Waals surface area contributed by atoms with Gasteiger partial charge >= 0.3 is 0 Å². The lowest BCUT2D eigenvalue weighted by molar-refractivity contribution is -0.0928. The van der Waals surface area contributed by atoms with Gasteiger partial charge in [-0.3, -0.25) is 9.78 Å². The van der Waals surface area contributed by atoms with Crippen molar-refractivity contribution in [1.29, 1.82) is 0 Å². The second-order valence-electron chi connectivity index (χ2n) is 6.17. The highest BCUT2D eigenvalue weighted by atomic mass is 127. The number of carbonyl (C=O) groups excluding carboxylic acids is 1. The molecule has 2 aliphatic rings. The van der Waals surface area contributed by atoms with Gasteiger partial charge in [-0.05, 0) is 35.1 Å².